The molecule has 0 radical (unpaired) electrons. The maximum Gasteiger partial charge on any atom is 0.163 e. The highest BCUT2D eigenvalue weighted by molar-refractivity contribution is 7.17. The molecule has 0 amide bonds. The van der Waals surface area contributed by atoms with Gasteiger partial charge >= 0.3 is 0 Å². The Balaban J connectivity index is 1.49. The summed E-state index contributed by atoms with van der Waals surface area (Å²) in [4.78, 5) is 0. The van der Waals surface area contributed by atoms with Crippen LogP contribution in [-0.2, 0) is 9.47 Å². The van der Waals surface area contributed by atoms with Crippen LogP contribution >= 0.6 is 11.3 Å². The molecule has 148 valence electrons. The third-order valence-corrected chi connectivity index (χ3v) is 5.97. The van der Waals surface area contributed by atoms with Crippen LogP contribution in [0.2, 0.25) is 0 Å². The fraction of sp³-hybridized carbons (Fsp3) is 0.273. The van der Waals surface area contributed by atoms with Gasteiger partial charge in [0.05, 0.1) is 6.61 Å². The molecular formula is C22H20FN3O2S. The molecule has 0 bridgehead atoms. The fourth-order valence-corrected chi connectivity index (χ4v) is 4.51. The molecule has 2 aromatic carbocycles. The zero-order valence-electron chi connectivity index (χ0n) is 16.1. The van der Waals surface area contributed by atoms with Crippen LogP contribution in [0.1, 0.15) is 13.8 Å². The average molecular weight is 409 g/mol. The average Bonchev–Trinajstić information content (AvgIpc) is 3.27. The van der Waals surface area contributed by atoms with Crippen LogP contribution in [0.15, 0.2) is 47.8 Å². The van der Waals surface area contributed by atoms with Crippen molar-refractivity contribution in [2.45, 2.75) is 25.7 Å². The molecule has 5 nitrogen and oxygen atoms in total. The Labute approximate surface area is 171 Å². The van der Waals surface area contributed by atoms with E-state index in [-0.39, 0.29) is 11.9 Å². The van der Waals surface area contributed by atoms with Crippen molar-refractivity contribution in [3.63, 3.8) is 0 Å². The number of halogens is 1. The van der Waals surface area contributed by atoms with Crippen molar-refractivity contribution in [1.82, 2.24) is 10.2 Å². The number of aromatic nitrogens is 2. The van der Waals surface area contributed by atoms with E-state index in [1.165, 1.54) is 16.7 Å². The monoisotopic (exact) mass is 409 g/mol. The lowest BCUT2D eigenvalue weighted by atomic mass is 10.0. The number of nitrogens with zero attached hydrogens (tertiary/aromatic N) is 2. The van der Waals surface area contributed by atoms with Crippen molar-refractivity contribution in [1.29, 1.82) is 0 Å². The second kappa shape index (κ2) is 7.02. The minimum Gasteiger partial charge on any atom is -0.365 e. The Morgan fingerprint density at radius 2 is 1.97 bits per heavy atom. The molecule has 0 unspecified atom stereocenters. The van der Waals surface area contributed by atoms with Gasteiger partial charge in [-0.25, -0.2) is 4.39 Å². The second-order valence-corrected chi connectivity index (χ2v) is 8.48. The Hall–Kier alpha value is -2.61. The van der Waals surface area contributed by atoms with E-state index in [1.54, 1.807) is 6.07 Å². The van der Waals surface area contributed by atoms with Crippen LogP contribution in [0.3, 0.4) is 0 Å². The lowest BCUT2D eigenvalue weighted by molar-refractivity contribution is -0.136. The number of hydrogen-bond donors (Lipinski definition) is 1. The van der Waals surface area contributed by atoms with Crippen LogP contribution in [0.5, 0.6) is 0 Å². The van der Waals surface area contributed by atoms with E-state index in [1.807, 2.05) is 50.2 Å². The highest BCUT2D eigenvalue weighted by Crippen LogP contribution is 2.34. The Morgan fingerprint density at radius 1 is 1.14 bits per heavy atom. The van der Waals surface area contributed by atoms with Crippen LogP contribution in [0, 0.1) is 5.82 Å². The summed E-state index contributed by atoms with van der Waals surface area (Å²) in [7, 11) is 0. The summed E-state index contributed by atoms with van der Waals surface area (Å²) < 4.78 is 26.2. The lowest BCUT2D eigenvalue weighted by Gasteiger charge is -2.17. The molecule has 1 aliphatic heterocycles. The number of thiophene rings is 1. The SMILES string of the molecule is CC1(C)OC[C@H](CNc2nnc(-c3ccc4c(F)csc4c3)c3ccccc23)O1. The molecule has 1 saturated heterocycles. The second-order valence-electron chi connectivity index (χ2n) is 7.57. The van der Waals surface area contributed by atoms with Gasteiger partial charge in [-0.05, 0) is 26.0 Å². The largest absolute Gasteiger partial charge is 0.365 e. The van der Waals surface area contributed by atoms with Gasteiger partial charge in [0.15, 0.2) is 11.6 Å². The first-order valence-electron chi connectivity index (χ1n) is 9.48. The van der Waals surface area contributed by atoms with E-state index < -0.39 is 5.79 Å². The smallest absolute Gasteiger partial charge is 0.163 e. The molecule has 5 rings (SSSR count). The Bertz CT molecular complexity index is 1210. The quantitative estimate of drug-likeness (QED) is 0.501. The van der Waals surface area contributed by atoms with Gasteiger partial charge in [-0.2, -0.15) is 0 Å². The summed E-state index contributed by atoms with van der Waals surface area (Å²) in [5.74, 6) is -0.0293. The van der Waals surface area contributed by atoms with Gasteiger partial charge in [0, 0.05) is 38.3 Å². The van der Waals surface area contributed by atoms with Crippen LogP contribution in [-0.4, -0.2) is 35.2 Å². The molecule has 4 aromatic rings. The normalized spacial score (nSPS) is 18.5. The topological polar surface area (TPSA) is 56.3 Å². The minimum absolute atomic E-state index is 0.0404. The summed E-state index contributed by atoms with van der Waals surface area (Å²) in [5.41, 5.74) is 1.70. The first kappa shape index (κ1) is 18.4. The predicted molar refractivity (Wildman–Crippen MR) is 114 cm³/mol. The predicted octanol–water partition coefficient (Wildman–Crippen LogP) is 5.21. The zero-order chi connectivity index (χ0) is 20.0. The molecule has 1 fully saturated rings. The Morgan fingerprint density at radius 3 is 2.76 bits per heavy atom. The van der Waals surface area contributed by atoms with E-state index in [2.05, 4.69) is 15.5 Å². The molecule has 0 spiro atoms. The van der Waals surface area contributed by atoms with E-state index in [0.717, 1.165) is 26.7 Å². The summed E-state index contributed by atoms with van der Waals surface area (Å²) in [6.45, 7) is 4.95. The van der Waals surface area contributed by atoms with Gasteiger partial charge < -0.3 is 14.8 Å². The molecule has 1 N–H and O–H groups in total. The van der Waals surface area contributed by atoms with E-state index >= 15 is 0 Å². The van der Waals surface area contributed by atoms with Gasteiger partial charge in [0.2, 0.25) is 0 Å². The Kier molecular flexibility index (Phi) is 4.46. The number of anilines is 1. The fourth-order valence-electron chi connectivity index (χ4n) is 3.66. The van der Waals surface area contributed by atoms with Crippen LogP contribution in [0.25, 0.3) is 32.1 Å². The van der Waals surface area contributed by atoms with Crippen LogP contribution < -0.4 is 5.32 Å². The van der Waals surface area contributed by atoms with E-state index in [9.17, 15) is 4.39 Å². The first-order chi connectivity index (χ1) is 14.0. The summed E-state index contributed by atoms with van der Waals surface area (Å²) in [6.07, 6.45) is -0.0404. The van der Waals surface area contributed by atoms with Gasteiger partial charge in [0.1, 0.15) is 17.6 Å². The standard InChI is InChI=1S/C22H20FN3O2S/c1-22(2)27-11-14(28-22)10-24-21-16-6-4-3-5-15(16)20(25-26-21)13-7-8-17-18(23)12-29-19(17)9-13/h3-9,12,14H,10-11H2,1-2H3,(H,24,26)/t14-/m0/s1. The number of hydrogen-bond acceptors (Lipinski definition) is 6. The number of rotatable bonds is 4. The van der Waals surface area contributed by atoms with Crippen LogP contribution in [0.4, 0.5) is 10.2 Å². The first-order valence-corrected chi connectivity index (χ1v) is 10.4. The number of ether oxygens (including phenoxy) is 2. The molecule has 2 aromatic heterocycles. The molecule has 7 heteroatoms. The lowest BCUT2D eigenvalue weighted by Crippen LogP contribution is -2.26. The molecular weight excluding hydrogens is 389 g/mol. The maximum absolute atomic E-state index is 13.8. The molecule has 3 heterocycles. The van der Waals surface area contributed by atoms with Crippen molar-refractivity contribution in [2.75, 3.05) is 18.5 Å². The van der Waals surface area contributed by atoms with Crippen molar-refractivity contribution in [3.8, 4) is 11.3 Å². The zero-order valence-corrected chi connectivity index (χ0v) is 16.9. The molecule has 0 saturated carbocycles. The summed E-state index contributed by atoms with van der Waals surface area (Å²) >= 11 is 1.39. The van der Waals surface area contributed by atoms with Crippen molar-refractivity contribution < 1.29 is 13.9 Å². The molecule has 29 heavy (non-hydrogen) atoms. The van der Waals surface area contributed by atoms with Gasteiger partial charge in [0.25, 0.3) is 0 Å². The van der Waals surface area contributed by atoms with Gasteiger partial charge in [-0.3, -0.25) is 0 Å². The summed E-state index contributed by atoms with van der Waals surface area (Å²) in [5, 5.41) is 16.4. The number of fused-ring (bicyclic) bond motifs is 2. The third-order valence-electron chi connectivity index (χ3n) is 5.05. The van der Waals surface area contributed by atoms with Crippen molar-refractivity contribution in [2.24, 2.45) is 0 Å². The van der Waals surface area contributed by atoms with E-state index in [4.69, 9.17) is 9.47 Å². The van der Waals surface area contributed by atoms with Gasteiger partial charge in [-0.15, -0.1) is 21.5 Å². The molecule has 0 aliphatic carbocycles. The molecule has 1 aliphatic rings. The number of nitrogens with one attached hydrogen (secondary N) is 1. The minimum atomic E-state index is -0.552. The van der Waals surface area contributed by atoms with Crippen molar-refractivity contribution in [3.05, 3.63) is 53.7 Å². The highest BCUT2D eigenvalue weighted by atomic mass is 32.1. The molecule has 1 atom stereocenters. The summed E-state index contributed by atoms with van der Waals surface area (Å²) in [6, 6.07) is 13.7. The maximum atomic E-state index is 13.8. The number of benzene rings is 2. The van der Waals surface area contributed by atoms with Crippen molar-refractivity contribution >= 4 is 38.0 Å². The van der Waals surface area contributed by atoms with Gasteiger partial charge in [-0.1, -0.05) is 30.3 Å². The third kappa shape index (κ3) is 3.46. The highest BCUT2D eigenvalue weighted by Gasteiger charge is 2.32. The van der Waals surface area contributed by atoms with E-state index in [0.29, 0.717) is 24.4 Å².